The number of hydrogen-bond acceptors (Lipinski definition) is 5. The predicted octanol–water partition coefficient (Wildman–Crippen LogP) is 2.56. The highest BCUT2D eigenvalue weighted by Gasteiger charge is 2.12. The van der Waals surface area contributed by atoms with Gasteiger partial charge in [0.1, 0.15) is 17.2 Å². The molecule has 0 spiro atoms. The first-order chi connectivity index (χ1) is 9.26. The zero-order chi connectivity index (χ0) is 14.1. The molecule has 0 aliphatic carbocycles. The molecule has 5 heteroatoms. The molecule has 0 bridgehead atoms. The summed E-state index contributed by atoms with van der Waals surface area (Å²) in [4.78, 5) is 0. The van der Waals surface area contributed by atoms with Crippen LogP contribution in [0.1, 0.15) is 12.0 Å². The fourth-order valence-corrected chi connectivity index (χ4v) is 2.24. The van der Waals surface area contributed by atoms with Gasteiger partial charge in [-0.15, -0.1) is 0 Å². The van der Waals surface area contributed by atoms with Gasteiger partial charge < -0.3 is 19.5 Å². The third-order valence-corrected chi connectivity index (χ3v) is 3.52. The average molecular weight is 285 g/mol. The van der Waals surface area contributed by atoms with Crippen molar-refractivity contribution < 1.29 is 14.2 Å². The molecule has 0 aromatic heterocycles. The largest absolute Gasteiger partial charge is 0.496 e. The molecule has 0 radical (unpaired) electrons. The van der Waals surface area contributed by atoms with Crippen molar-refractivity contribution >= 4 is 11.8 Å². The number of ether oxygens (including phenoxy) is 3. The minimum atomic E-state index is 0.727. The molecule has 108 valence electrons. The molecule has 0 atom stereocenters. The maximum absolute atomic E-state index is 5.40. The van der Waals surface area contributed by atoms with Gasteiger partial charge in [0.05, 0.1) is 26.9 Å². The molecule has 4 nitrogen and oxygen atoms in total. The van der Waals surface area contributed by atoms with Crippen LogP contribution in [0, 0.1) is 0 Å². The van der Waals surface area contributed by atoms with Crippen molar-refractivity contribution in [2.75, 3.05) is 39.9 Å². The Labute approximate surface area is 119 Å². The minimum absolute atomic E-state index is 0.727. The monoisotopic (exact) mass is 285 g/mol. The molecule has 0 fully saturated rings. The van der Waals surface area contributed by atoms with Gasteiger partial charge in [-0.3, -0.25) is 0 Å². The Morgan fingerprint density at radius 1 is 1.05 bits per heavy atom. The lowest BCUT2D eigenvalue weighted by Crippen LogP contribution is -2.16. The van der Waals surface area contributed by atoms with Gasteiger partial charge in [0.2, 0.25) is 0 Å². The van der Waals surface area contributed by atoms with Crippen molar-refractivity contribution in [3.8, 4) is 17.2 Å². The van der Waals surface area contributed by atoms with E-state index in [9.17, 15) is 0 Å². The van der Waals surface area contributed by atoms with E-state index in [1.165, 1.54) is 5.75 Å². The maximum atomic E-state index is 5.40. The lowest BCUT2D eigenvalue weighted by Gasteiger charge is -2.15. The first-order valence-electron chi connectivity index (χ1n) is 6.25. The Morgan fingerprint density at radius 2 is 1.68 bits per heavy atom. The van der Waals surface area contributed by atoms with Crippen LogP contribution in [0.25, 0.3) is 0 Å². The Balaban J connectivity index is 2.73. The van der Waals surface area contributed by atoms with Crippen molar-refractivity contribution in [2.45, 2.75) is 13.0 Å². The molecule has 0 unspecified atom stereocenters. The molecule has 0 saturated heterocycles. The van der Waals surface area contributed by atoms with Crippen LogP contribution in [0.5, 0.6) is 17.2 Å². The molecule has 1 aromatic rings. The molecule has 1 N–H and O–H groups in total. The molecule has 0 amide bonds. The van der Waals surface area contributed by atoms with Crippen molar-refractivity contribution in [1.82, 2.24) is 5.32 Å². The second kappa shape index (κ2) is 8.93. The smallest absolute Gasteiger partial charge is 0.130 e. The van der Waals surface area contributed by atoms with E-state index in [4.69, 9.17) is 14.2 Å². The summed E-state index contributed by atoms with van der Waals surface area (Å²) in [6.45, 7) is 1.71. The minimum Gasteiger partial charge on any atom is -0.496 e. The summed E-state index contributed by atoms with van der Waals surface area (Å²) < 4.78 is 16.0. The Morgan fingerprint density at radius 3 is 2.16 bits per heavy atom. The fourth-order valence-electron chi connectivity index (χ4n) is 1.81. The SMILES string of the molecule is COc1cc(OC)c(CNCCCSC)c(OC)c1. The van der Waals surface area contributed by atoms with E-state index >= 15 is 0 Å². The Hall–Kier alpha value is -1.07. The van der Waals surface area contributed by atoms with E-state index in [0.717, 1.165) is 42.3 Å². The zero-order valence-corrected chi connectivity index (χ0v) is 12.9. The maximum Gasteiger partial charge on any atom is 0.130 e. The Kier molecular flexibility index (Phi) is 7.52. The van der Waals surface area contributed by atoms with E-state index in [1.807, 2.05) is 23.9 Å². The van der Waals surface area contributed by atoms with Gasteiger partial charge in [-0.05, 0) is 25.0 Å². The number of benzene rings is 1. The van der Waals surface area contributed by atoms with Gasteiger partial charge >= 0.3 is 0 Å². The van der Waals surface area contributed by atoms with Gasteiger partial charge in [0.15, 0.2) is 0 Å². The third-order valence-electron chi connectivity index (χ3n) is 2.82. The number of methoxy groups -OCH3 is 3. The number of nitrogens with one attached hydrogen (secondary N) is 1. The van der Waals surface area contributed by atoms with Gasteiger partial charge in [-0.1, -0.05) is 0 Å². The first kappa shape index (κ1) is 16.0. The van der Waals surface area contributed by atoms with Gasteiger partial charge in [-0.25, -0.2) is 0 Å². The van der Waals surface area contributed by atoms with Crippen LogP contribution < -0.4 is 19.5 Å². The number of thioether (sulfide) groups is 1. The summed E-state index contributed by atoms with van der Waals surface area (Å²) in [5.41, 5.74) is 1.02. The van der Waals surface area contributed by atoms with Gasteiger partial charge in [0.25, 0.3) is 0 Å². The number of rotatable bonds is 9. The van der Waals surface area contributed by atoms with Crippen LogP contribution in [0.15, 0.2) is 12.1 Å². The summed E-state index contributed by atoms with van der Waals surface area (Å²) in [6.07, 6.45) is 3.28. The summed E-state index contributed by atoms with van der Waals surface area (Å²) >= 11 is 1.86. The summed E-state index contributed by atoms with van der Waals surface area (Å²) in [5, 5.41) is 3.41. The molecule has 0 saturated carbocycles. The van der Waals surface area contributed by atoms with Crippen LogP contribution in [-0.4, -0.2) is 39.9 Å². The Bertz CT molecular complexity index is 360. The molecule has 19 heavy (non-hydrogen) atoms. The predicted molar refractivity (Wildman–Crippen MR) is 80.8 cm³/mol. The van der Waals surface area contributed by atoms with Crippen molar-refractivity contribution in [3.05, 3.63) is 17.7 Å². The third kappa shape index (κ3) is 4.84. The van der Waals surface area contributed by atoms with Gasteiger partial charge in [0, 0.05) is 18.7 Å². The zero-order valence-electron chi connectivity index (χ0n) is 12.1. The highest BCUT2D eigenvalue weighted by Crippen LogP contribution is 2.33. The lowest BCUT2D eigenvalue weighted by molar-refractivity contribution is 0.366. The standard InChI is InChI=1S/C14H23NO3S/c1-16-11-8-13(17-2)12(14(9-11)18-3)10-15-6-5-7-19-4/h8-9,15H,5-7,10H2,1-4H3. The summed E-state index contributed by atoms with van der Waals surface area (Å²) in [6, 6.07) is 3.75. The highest BCUT2D eigenvalue weighted by atomic mass is 32.2. The van der Waals surface area contributed by atoms with E-state index < -0.39 is 0 Å². The van der Waals surface area contributed by atoms with Crippen LogP contribution >= 0.6 is 11.8 Å². The van der Waals surface area contributed by atoms with Crippen LogP contribution in [-0.2, 0) is 6.54 Å². The normalized spacial score (nSPS) is 10.3. The fraction of sp³-hybridized carbons (Fsp3) is 0.571. The van der Waals surface area contributed by atoms with Crippen molar-refractivity contribution in [2.24, 2.45) is 0 Å². The molecule has 0 aliphatic heterocycles. The van der Waals surface area contributed by atoms with Crippen molar-refractivity contribution in [3.63, 3.8) is 0 Å². The molecular formula is C14H23NO3S. The molecule has 0 heterocycles. The van der Waals surface area contributed by atoms with Gasteiger partial charge in [-0.2, -0.15) is 11.8 Å². The van der Waals surface area contributed by atoms with E-state index in [0.29, 0.717) is 0 Å². The average Bonchev–Trinajstić information content (AvgIpc) is 2.46. The van der Waals surface area contributed by atoms with E-state index in [2.05, 4.69) is 11.6 Å². The second-order valence-corrected chi connectivity index (χ2v) is 5.02. The lowest BCUT2D eigenvalue weighted by atomic mass is 10.1. The van der Waals surface area contributed by atoms with E-state index in [-0.39, 0.29) is 0 Å². The topological polar surface area (TPSA) is 39.7 Å². The van der Waals surface area contributed by atoms with Crippen LogP contribution in [0.3, 0.4) is 0 Å². The van der Waals surface area contributed by atoms with E-state index in [1.54, 1.807) is 21.3 Å². The highest BCUT2D eigenvalue weighted by molar-refractivity contribution is 7.98. The molecule has 0 aliphatic rings. The quantitative estimate of drug-likeness (QED) is 0.706. The summed E-state index contributed by atoms with van der Waals surface area (Å²) in [5.74, 6) is 3.48. The second-order valence-electron chi connectivity index (χ2n) is 4.03. The number of hydrogen-bond donors (Lipinski definition) is 1. The molecular weight excluding hydrogens is 262 g/mol. The van der Waals surface area contributed by atoms with Crippen molar-refractivity contribution in [1.29, 1.82) is 0 Å². The summed E-state index contributed by atoms with van der Waals surface area (Å²) in [7, 11) is 4.95. The molecule has 1 rings (SSSR count). The first-order valence-corrected chi connectivity index (χ1v) is 7.64. The molecule has 1 aromatic carbocycles. The van der Waals surface area contributed by atoms with Crippen LogP contribution in [0.2, 0.25) is 0 Å². The van der Waals surface area contributed by atoms with Crippen LogP contribution in [0.4, 0.5) is 0 Å².